The van der Waals surface area contributed by atoms with E-state index in [0.29, 0.717) is 5.70 Å². The van der Waals surface area contributed by atoms with E-state index in [1.54, 1.807) is 6.08 Å². The zero-order valence-corrected chi connectivity index (χ0v) is 8.14. The molecule has 3 N–H and O–H groups in total. The van der Waals surface area contributed by atoms with Crippen molar-refractivity contribution >= 4 is 11.7 Å². The molecule has 1 heterocycles. The van der Waals surface area contributed by atoms with Gasteiger partial charge in [-0.2, -0.15) is 0 Å². The van der Waals surface area contributed by atoms with Gasteiger partial charge in [-0.3, -0.25) is 4.79 Å². The molecule has 84 valence electrons. The quantitative estimate of drug-likeness (QED) is 0.620. The minimum absolute atomic E-state index is 0.262. The Kier molecular flexibility index (Phi) is 2.35. The first-order valence-corrected chi connectivity index (χ1v) is 4.61. The molecule has 0 bridgehead atoms. The van der Waals surface area contributed by atoms with Gasteiger partial charge in [0.25, 0.3) is 0 Å². The first-order chi connectivity index (χ1) is 7.59. The maximum absolute atomic E-state index is 11.2. The fraction of sp³-hybridized carbons (Fsp3) is 0.222. The zero-order valence-electron chi connectivity index (χ0n) is 8.14. The molecule has 16 heavy (non-hydrogen) atoms. The summed E-state index contributed by atoms with van der Waals surface area (Å²) in [5.41, 5.74) is -0.769. The monoisotopic (exact) mass is 223 g/mol. The zero-order chi connectivity index (χ0) is 11.7. The molecule has 1 unspecified atom stereocenters. The molecule has 1 aromatic heterocycles. The number of aliphatic carboxylic acids is 1. The van der Waals surface area contributed by atoms with Crippen molar-refractivity contribution in [3.8, 4) is 0 Å². The van der Waals surface area contributed by atoms with Crippen molar-refractivity contribution < 1.29 is 9.90 Å². The number of H-pyrrole nitrogens is 2. The van der Waals surface area contributed by atoms with Crippen molar-refractivity contribution in [2.75, 3.05) is 0 Å². The van der Waals surface area contributed by atoms with Gasteiger partial charge >= 0.3 is 17.3 Å². The third-order valence-electron chi connectivity index (χ3n) is 2.34. The highest BCUT2D eigenvalue weighted by Gasteiger charge is 2.17. The number of hydrogen-bond donors (Lipinski definition) is 3. The van der Waals surface area contributed by atoms with Gasteiger partial charge in [0, 0.05) is 0 Å². The van der Waals surface area contributed by atoms with Gasteiger partial charge in [-0.1, -0.05) is 12.2 Å². The van der Waals surface area contributed by atoms with Gasteiger partial charge in [-0.05, 0) is 12.5 Å². The summed E-state index contributed by atoms with van der Waals surface area (Å²) >= 11 is 0. The molecule has 7 heteroatoms. The van der Waals surface area contributed by atoms with Crippen molar-refractivity contribution in [1.29, 1.82) is 0 Å². The third-order valence-corrected chi connectivity index (χ3v) is 2.34. The van der Waals surface area contributed by atoms with Crippen LogP contribution in [0.1, 0.15) is 6.42 Å². The highest BCUT2D eigenvalue weighted by Crippen LogP contribution is 2.17. The van der Waals surface area contributed by atoms with Gasteiger partial charge in [-0.25, -0.2) is 24.4 Å². The van der Waals surface area contributed by atoms with Crippen LogP contribution in [-0.4, -0.2) is 25.8 Å². The lowest BCUT2D eigenvalue weighted by Gasteiger charge is -2.11. The van der Waals surface area contributed by atoms with Crippen LogP contribution < -0.4 is 11.4 Å². The molecule has 0 aromatic carbocycles. The number of hydrogen-bond acceptors (Lipinski definition) is 3. The topological polar surface area (TPSA) is 108 Å². The maximum atomic E-state index is 11.2. The first kappa shape index (κ1) is 10.2. The summed E-state index contributed by atoms with van der Waals surface area (Å²) in [6.45, 7) is 0. The van der Waals surface area contributed by atoms with Crippen LogP contribution in [0.25, 0.3) is 5.70 Å². The van der Waals surface area contributed by atoms with Crippen LogP contribution >= 0.6 is 0 Å². The molecule has 0 amide bonds. The summed E-state index contributed by atoms with van der Waals surface area (Å²) in [6, 6.07) is 0. The van der Waals surface area contributed by atoms with Crippen LogP contribution in [0, 0.1) is 5.92 Å². The lowest BCUT2D eigenvalue weighted by molar-refractivity contribution is -0.139. The number of carboxylic acids is 1. The van der Waals surface area contributed by atoms with E-state index in [2.05, 4.69) is 10.2 Å². The summed E-state index contributed by atoms with van der Waals surface area (Å²) < 4.78 is 0.911. The Morgan fingerprint density at radius 2 is 2.00 bits per heavy atom. The highest BCUT2D eigenvalue weighted by molar-refractivity contribution is 5.75. The molecule has 1 aliphatic carbocycles. The summed E-state index contributed by atoms with van der Waals surface area (Å²) in [5.74, 6) is -1.53. The first-order valence-electron chi connectivity index (χ1n) is 4.61. The molecule has 1 aromatic rings. The Bertz CT molecular complexity index is 559. The molecule has 2 rings (SSSR count). The van der Waals surface area contributed by atoms with Gasteiger partial charge in [0.15, 0.2) is 0 Å². The Hall–Kier alpha value is -2.31. The number of nitrogens with one attached hydrogen (secondary N) is 2. The number of rotatable bonds is 2. The number of carboxylic acid groups (broad SMARTS) is 1. The fourth-order valence-corrected chi connectivity index (χ4v) is 1.50. The number of allylic oxidation sites excluding steroid dienone is 3. The van der Waals surface area contributed by atoms with Gasteiger partial charge in [0.1, 0.15) is 0 Å². The molecule has 0 spiro atoms. The van der Waals surface area contributed by atoms with E-state index >= 15 is 0 Å². The Labute approximate surface area is 88.7 Å². The smallest absolute Gasteiger partial charge is 0.348 e. The summed E-state index contributed by atoms with van der Waals surface area (Å²) in [5, 5.41) is 13.0. The van der Waals surface area contributed by atoms with Gasteiger partial charge in [-0.15, -0.1) is 0 Å². The summed E-state index contributed by atoms with van der Waals surface area (Å²) in [7, 11) is 0. The molecule has 0 aliphatic heterocycles. The van der Waals surface area contributed by atoms with E-state index in [9.17, 15) is 14.4 Å². The van der Waals surface area contributed by atoms with E-state index < -0.39 is 23.3 Å². The molecular formula is C9H9N3O4. The molecule has 0 fully saturated rings. The summed E-state index contributed by atoms with van der Waals surface area (Å²) in [4.78, 5) is 33.1. The van der Waals surface area contributed by atoms with E-state index in [-0.39, 0.29) is 6.42 Å². The molecule has 7 nitrogen and oxygen atoms in total. The SMILES string of the molecule is O=C(O)C1C=CC(n2c(=O)[nH][nH]c2=O)=CC1. The predicted molar refractivity (Wildman–Crippen MR) is 54.8 cm³/mol. The molecule has 0 saturated carbocycles. The van der Waals surface area contributed by atoms with Gasteiger partial charge in [0.05, 0.1) is 11.6 Å². The molecule has 1 atom stereocenters. The number of aromatic nitrogens is 3. The number of carbonyl (C=O) groups is 1. The average Bonchev–Trinajstić information content (AvgIpc) is 2.59. The number of nitrogens with zero attached hydrogens (tertiary/aromatic N) is 1. The standard InChI is InChI=1S/C9H9N3O4/c13-7(14)5-1-3-6(4-2-5)12-8(15)10-11-9(12)16/h1,3-5H,2H2,(H,10,15)(H,11,16)(H,13,14). The van der Waals surface area contributed by atoms with Crippen molar-refractivity contribution in [2.24, 2.45) is 5.92 Å². The Morgan fingerprint density at radius 3 is 2.44 bits per heavy atom. The van der Waals surface area contributed by atoms with Crippen LogP contribution in [0.5, 0.6) is 0 Å². The Morgan fingerprint density at radius 1 is 1.38 bits per heavy atom. The van der Waals surface area contributed by atoms with E-state index in [4.69, 9.17) is 5.11 Å². The molecule has 0 saturated heterocycles. The number of aromatic amines is 2. The normalized spacial score (nSPS) is 19.5. The third kappa shape index (κ3) is 1.62. The van der Waals surface area contributed by atoms with E-state index in [1.807, 2.05) is 0 Å². The second kappa shape index (κ2) is 3.69. The van der Waals surface area contributed by atoms with Crippen molar-refractivity contribution in [1.82, 2.24) is 14.8 Å². The van der Waals surface area contributed by atoms with Crippen LogP contribution in [-0.2, 0) is 4.79 Å². The van der Waals surface area contributed by atoms with Crippen LogP contribution in [0.2, 0.25) is 0 Å². The molecule has 0 radical (unpaired) electrons. The minimum Gasteiger partial charge on any atom is -0.481 e. The maximum Gasteiger partial charge on any atom is 0.348 e. The Balaban J connectivity index is 2.34. The van der Waals surface area contributed by atoms with Gasteiger partial charge < -0.3 is 5.11 Å². The van der Waals surface area contributed by atoms with Crippen LogP contribution in [0.15, 0.2) is 27.8 Å². The molecule has 1 aliphatic rings. The van der Waals surface area contributed by atoms with E-state index in [0.717, 1.165) is 4.57 Å². The van der Waals surface area contributed by atoms with Crippen molar-refractivity contribution in [2.45, 2.75) is 6.42 Å². The van der Waals surface area contributed by atoms with Gasteiger partial charge in [0.2, 0.25) is 0 Å². The van der Waals surface area contributed by atoms with E-state index in [1.165, 1.54) is 12.2 Å². The van der Waals surface area contributed by atoms with Crippen LogP contribution in [0.4, 0.5) is 0 Å². The van der Waals surface area contributed by atoms with Crippen molar-refractivity contribution in [3.05, 3.63) is 39.2 Å². The second-order valence-electron chi connectivity index (χ2n) is 3.36. The largest absolute Gasteiger partial charge is 0.481 e. The van der Waals surface area contributed by atoms with Crippen LogP contribution in [0.3, 0.4) is 0 Å². The lowest BCUT2D eigenvalue weighted by Crippen LogP contribution is -2.26. The summed E-state index contributed by atoms with van der Waals surface area (Å²) in [6.07, 6.45) is 4.71. The predicted octanol–water partition coefficient (Wildman–Crippen LogP) is -0.634. The lowest BCUT2D eigenvalue weighted by atomic mass is 10.00. The fourth-order valence-electron chi connectivity index (χ4n) is 1.50. The highest BCUT2D eigenvalue weighted by atomic mass is 16.4. The van der Waals surface area contributed by atoms with Crippen molar-refractivity contribution in [3.63, 3.8) is 0 Å². The molecular weight excluding hydrogens is 214 g/mol. The minimum atomic E-state index is -0.929. The average molecular weight is 223 g/mol. The second-order valence-corrected chi connectivity index (χ2v) is 3.36.